The lowest BCUT2D eigenvalue weighted by atomic mass is 10.2. The number of aromatic carboxylic acids is 1. The second-order valence-electron chi connectivity index (χ2n) is 6.62. The first-order chi connectivity index (χ1) is 14.0. The highest BCUT2D eigenvalue weighted by Gasteiger charge is 2.14. The van der Waals surface area contributed by atoms with Crippen molar-refractivity contribution in [2.45, 2.75) is 24.1 Å². The number of carbonyl (C=O) groups is 1. The van der Waals surface area contributed by atoms with E-state index < -0.39 is 5.97 Å². The molecule has 0 radical (unpaired) electrons. The van der Waals surface area contributed by atoms with Crippen LogP contribution >= 0.6 is 23.4 Å². The lowest BCUT2D eigenvalue weighted by Gasteiger charge is -2.10. The van der Waals surface area contributed by atoms with Crippen molar-refractivity contribution in [3.8, 4) is 0 Å². The van der Waals surface area contributed by atoms with Crippen molar-refractivity contribution >= 4 is 40.5 Å². The molecular weight excluding hydrogens is 406 g/mol. The summed E-state index contributed by atoms with van der Waals surface area (Å²) in [5.41, 5.74) is 3.40. The Morgan fingerprint density at radius 3 is 2.62 bits per heavy atom. The minimum absolute atomic E-state index is 0.00240. The molecule has 29 heavy (non-hydrogen) atoms. The van der Waals surface area contributed by atoms with E-state index in [9.17, 15) is 9.90 Å². The van der Waals surface area contributed by atoms with Gasteiger partial charge in [-0.2, -0.15) is 0 Å². The number of imidazole rings is 1. The van der Waals surface area contributed by atoms with E-state index in [0.717, 1.165) is 22.0 Å². The third kappa shape index (κ3) is 4.28. The number of fused-ring (bicyclic) bond motifs is 1. The summed E-state index contributed by atoms with van der Waals surface area (Å²) >= 11 is 8.29. The summed E-state index contributed by atoms with van der Waals surface area (Å²) in [6.07, 6.45) is 0. The van der Waals surface area contributed by atoms with Gasteiger partial charge in [0.05, 0.1) is 6.54 Å². The maximum Gasteiger partial charge on any atom is 0.354 e. The van der Waals surface area contributed by atoms with Gasteiger partial charge in [-0.25, -0.2) is 14.8 Å². The number of carboxylic acids is 1. The fourth-order valence-electron chi connectivity index (χ4n) is 3.08. The van der Waals surface area contributed by atoms with Crippen LogP contribution in [-0.2, 0) is 12.3 Å². The predicted molar refractivity (Wildman–Crippen MR) is 116 cm³/mol. The highest BCUT2D eigenvalue weighted by atomic mass is 35.5. The Labute approximate surface area is 177 Å². The Kier molecular flexibility index (Phi) is 5.56. The van der Waals surface area contributed by atoms with Crippen LogP contribution < -0.4 is 0 Å². The van der Waals surface area contributed by atoms with Gasteiger partial charge in [-0.15, -0.1) is 11.8 Å². The lowest BCUT2D eigenvalue weighted by molar-refractivity contribution is 0.0691. The van der Waals surface area contributed by atoms with E-state index in [2.05, 4.69) is 28.2 Å². The third-order valence-corrected chi connectivity index (χ3v) is 6.02. The number of thioether (sulfide) groups is 1. The maximum atomic E-state index is 11.3. The number of aryl methyl sites for hydroxylation is 1. The smallest absolute Gasteiger partial charge is 0.354 e. The number of carboxylic acid groups (broad SMARTS) is 1. The summed E-state index contributed by atoms with van der Waals surface area (Å²) in [7, 11) is 0. The fourth-order valence-corrected chi connectivity index (χ4v) is 4.28. The van der Waals surface area contributed by atoms with Crippen LogP contribution in [0.25, 0.3) is 11.2 Å². The summed E-state index contributed by atoms with van der Waals surface area (Å²) in [4.78, 5) is 21.1. The van der Waals surface area contributed by atoms with Crippen LogP contribution in [0, 0.1) is 6.92 Å². The van der Waals surface area contributed by atoms with Gasteiger partial charge in [-0.1, -0.05) is 48.0 Å². The van der Waals surface area contributed by atoms with Crippen LogP contribution in [0.3, 0.4) is 0 Å². The van der Waals surface area contributed by atoms with Crippen molar-refractivity contribution < 1.29 is 9.90 Å². The molecule has 0 aliphatic heterocycles. The molecule has 146 valence electrons. The summed E-state index contributed by atoms with van der Waals surface area (Å²) < 4.78 is 1.89. The van der Waals surface area contributed by atoms with Gasteiger partial charge in [0.2, 0.25) is 0 Å². The molecule has 2 aromatic carbocycles. The Morgan fingerprint density at radius 2 is 1.90 bits per heavy atom. The highest BCUT2D eigenvalue weighted by Crippen LogP contribution is 2.29. The number of nitrogens with zero attached hydrogens (tertiary/aromatic N) is 3. The molecule has 0 spiro atoms. The Balaban J connectivity index is 1.57. The first kappa shape index (κ1) is 19.5. The Hall–Kier alpha value is -2.83. The van der Waals surface area contributed by atoms with Gasteiger partial charge in [-0.3, -0.25) is 0 Å². The van der Waals surface area contributed by atoms with E-state index >= 15 is 0 Å². The van der Waals surface area contributed by atoms with E-state index in [0.29, 0.717) is 22.7 Å². The molecule has 4 rings (SSSR count). The number of halogens is 1. The zero-order valence-electron chi connectivity index (χ0n) is 15.7. The van der Waals surface area contributed by atoms with Gasteiger partial charge in [-0.05, 0) is 42.3 Å². The second-order valence-corrected chi connectivity index (χ2v) is 8.07. The van der Waals surface area contributed by atoms with Crippen molar-refractivity contribution in [2.75, 3.05) is 0 Å². The minimum Gasteiger partial charge on any atom is -0.477 e. The van der Waals surface area contributed by atoms with Gasteiger partial charge in [0.15, 0.2) is 11.3 Å². The number of pyridine rings is 1. The summed E-state index contributed by atoms with van der Waals surface area (Å²) in [6.45, 7) is 2.35. The number of hydrogen-bond donors (Lipinski definition) is 1. The van der Waals surface area contributed by atoms with E-state index in [1.165, 1.54) is 11.6 Å². The second kappa shape index (κ2) is 8.27. The van der Waals surface area contributed by atoms with E-state index in [-0.39, 0.29) is 5.69 Å². The predicted octanol–water partition coefficient (Wildman–Crippen LogP) is 5.43. The molecule has 1 N–H and O–H groups in total. The summed E-state index contributed by atoms with van der Waals surface area (Å²) in [5.74, 6) is 0.577. The lowest BCUT2D eigenvalue weighted by Crippen LogP contribution is -2.06. The number of benzene rings is 2. The van der Waals surface area contributed by atoms with Crippen LogP contribution in [0.1, 0.15) is 27.4 Å². The molecule has 4 aromatic rings. The molecule has 0 fully saturated rings. The monoisotopic (exact) mass is 423 g/mol. The Bertz CT molecular complexity index is 1190. The van der Waals surface area contributed by atoms with Gasteiger partial charge in [0.25, 0.3) is 0 Å². The van der Waals surface area contributed by atoms with Gasteiger partial charge in [0.1, 0.15) is 11.3 Å². The van der Waals surface area contributed by atoms with Gasteiger partial charge < -0.3 is 9.67 Å². The molecule has 0 aliphatic rings. The van der Waals surface area contributed by atoms with Crippen LogP contribution in [0.2, 0.25) is 5.02 Å². The minimum atomic E-state index is -1.06. The number of rotatable bonds is 6. The molecule has 0 amide bonds. The van der Waals surface area contributed by atoms with Crippen molar-refractivity contribution in [1.82, 2.24) is 14.5 Å². The van der Waals surface area contributed by atoms with Gasteiger partial charge in [0, 0.05) is 15.7 Å². The standard InChI is InChI=1S/C22H18ClN3O2S/c1-14-24-19-9-10-20(22(27)28)25-21(19)26(14)12-16-7-8-17(11-18(16)23)29-13-15-5-3-2-4-6-15/h2-11H,12-13H2,1H3,(H,27,28). The molecule has 5 nitrogen and oxygen atoms in total. The van der Waals surface area contributed by atoms with Crippen molar-refractivity contribution in [3.05, 3.63) is 88.3 Å². The largest absolute Gasteiger partial charge is 0.477 e. The van der Waals surface area contributed by atoms with E-state index in [1.807, 2.05) is 41.8 Å². The molecule has 0 saturated heterocycles. The highest BCUT2D eigenvalue weighted by molar-refractivity contribution is 7.98. The molecule has 2 aromatic heterocycles. The molecule has 0 unspecified atom stereocenters. The average Bonchev–Trinajstić information content (AvgIpc) is 3.03. The van der Waals surface area contributed by atoms with Crippen molar-refractivity contribution in [2.24, 2.45) is 0 Å². The molecule has 7 heteroatoms. The quantitative estimate of drug-likeness (QED) is 0.418. The molecule has 0 aliphatic carbocycles. The Morgan fingerprint density at radius 1 is 1.10 bits per heavy atom. The van der Waals surface area contributed by atoms with Crippen LogP contribution in [-0.4, -0.2) is 25.6 Å². The normalized spacial score (nSPS) is 11.1. The van der Waals surface area contributed by atoms with Crippen LogP contribution in [0.4, 0.5) is 0 Å². The number of hydrogen-bond acceptors (Lipinski definition) is 4. The van der Waals surface area contributed by atoms with E-state index in [1.54, 1.807) is 17.8 Å². The van der Waals surface area contributed by atoms with Gasteiger partial charge >= 0.3 is 5.97 Å². The zero-order valence-corrected chi connectivity index (χ0v) is 17.2. The van der Waals surface area contributed by atoms with E-state index in [4.69, 9.17) is 11.6 Å². The molecule has 2 heterocycles. The SMILES string of the molecule is Cc1nc2ccc(C(=O)O)nc2n1Cc1ccc(SCc2ccccc2)cc1Cl. The zero-order chi connectivity index (χ0) is 20.4. The van der Waals surface area contributed by atoms with Crippen LogP contribution in [0.5, 0.6) is 0 Å². The molecular formula is C22H18ClN3O2S. The van der Waals surface area contributed by atoms with Crippen molar-refractivity contribution in [1.29, 1.82) is 0 Å². The molecule has 0 saturated carbocycles. The molecule has 0 atom stereocenters. The average molecular weight is 424 g/mol. The van der Waals surface area contributed by atoms with Crippen LogP contribution in [0.15, 0.2) is 65.6 Å². The maximum absolute atomic E-state index is 11.3. The first-order valence-electron chi connectivity index (χ1n) is 9.03. The summed E-state index contributed by atoms with van der Waals surface area (Å²) in [6, 6.07) is 19.5. The topological polar surface area (TPSA) is 68.0 Å². The van der Waals surface area contributed by atoms with Crippen molar-refractivity contribution in [3.63, 3.8) is 0 Å². The first-order valence-corrected chi connectivity index (χ1v) is 10.4. The number of aromatic nitrogens is 3. The molecule has 0 bridgehead atoms. The fraction of sp³-hybridized carbons (Fsp3) is 0.136. The summed E-state index contributed by atoms with van der Waals surface area (Å²) in [5, 5.41) is 9.89. The third-order valence-electron chi connectivity index (χ3n) is 4.60.